The summed E-state index contributed by atoms with van der Waals surface area (Å²) in [6, 6.07) is 13.8. The van der Waals surface area contributed by atoms with Crippen LogP contribution in [-0.2, 0) is 0 Å². The van der Waals surface area contributed by atoms with E-state index >= 15 is 0 Å². The summed E-state index contributed by atoms with van der Waals surface area (Å²) >= 11 is 3.58. The van der Waals surface area contributed by atoms with Crippen LogP contribution in [0.2, 0.25) is 0 Å². The van der Waals surface area contributed by atoms with Crippen molar-refractivity contribution in [1.82, 2.24) is 5.32 Å². The lowest BCUT2D eigenvalue weighted by atomic mass is 10.0. The number of halogens is 1. The van der Waals surface area contributed by atoms with Crippen molar-refractivity contribution in [3.05, 3.63) is 58.1 Å². The summed E-state index contributed by atoms with van der Waals surface area (Å²) in [6.07, 6.45) is 0. The number of phenolic OH excluding ortho intramolecular Hbond substituents is 1. The van der Waals surface area contributed by atoms with Gasteiger partial charge in [0.2, 0.25) is 0 Å². The molecule has 0 aliphatic carbocycles. The molecular formula is C16H16BrNO2. The average molecular weight is 334 g/mol. The van der Waals surface area contributed by atoms with Crippen LogP contribution >= 0.6 is 15.9 Å². The number of aromatic hydroxyl groups is 1. The minimum atomic E-state index is 0.146. The molecule has 0 amide bonds. The van der Waals surface area contributed by atoms with E-state index in [1.165, 1.54) is 5.56 Å². The third-order valence-electron chi connectivity index (χ3n) is 3.60. The second-order valence-corrected chi connectivity index (χ2v) is 5.85. The van der Waals surface area contributed by atoms with Gasteiger partial charge in [-0.25, -0.2) is 0 Å². The van der Waals surface area contributed by atoms with E-state index in [-0.39, 0.29) is 17.8 Å². The molecule has 1 aliphatic rings. The van der Waals surface area contributed by atoms with Gasteiger partial charge in [0.05, 0.1) is 6.04 Å². The van der Waals surface area contributed by atoms with E-state index in [1.807, 2.05) is 24.3 Å². The monoisotopic (exact) mass is 333 g/mol. The molecule has 104 valence electrons. The van der Waals surface area contributed by atoms with Crippen LogP contribution in [-0.4, -0.2) is 11.7 Å². The van der Waals surface area contributed by atoms with Gasteiger partial charge in [0.15, 0.2) is 0 Å². The lowest BCUT2D eigenvalue weighted by Crippen LogP contribution is -2.25. The van der Waals surface area contributed by atoms with Gasteiger partial charge in [0.1, 0.15) is 18.1 Å². The third-order valence-corrected chi connectivity index (χ3v) is 4.32. The molecule has 2 atom stereocenters. The fourth-order valence-electron chi connectivity index (χ4n) is 2.55. The van der Waals surface area contributed by atoms with Gasteiger partial charge in [0.25, 0.3) is 0 Å². The van der Waals surface area contributed by atoms with Crippen molar-refractivity contribution in [2.75, 3.05) is 6.61 Å². The van der Waals surface area contributed by atoms with Gasteiger partial charge in [-0.05, 0) is 30.7 Å². The molecule has 0 saturated heterocycles. The number of rotatable bonds is 3. The van der Waals surface area contributed by atoms with E-state index in [4.69, 9.17) is 4.74 Å². The van der Waals surface area contributed by atoms with Gasteiger partial charge in [-0.15, -0.1) is 0 Å². The van der Waals surface area contributed by atoms with Gasteiger partial charge in [-0.2, -0.15) is 0 Å². The molecule has 1 aliphatic heterocycles. The molecule has 3 rings (SSSR count). The van der Waals surface area contributed by atoms with Crippen molar-refractivity contribution < 1.29 is 9.84 Å². The van der Waals surface area contributed by atoms with E-state index in [0.29, 0.717) is 6.61 Å². The lowest BCUT2D eigenvalue weighted by Gasteiger charge is -2.20. The van der Waals surface area contributed by atoms with E-state index in [0.717, 1.165) is 15.8 Å². The normalized spacial score (nSPS) is 18.4. The average Bonchev–Trinajstić information content (AvgIpc) is 2.81. The number of hydrogen-bond donors (Lipinski definition) is 2. The summed E-state index contributed by atoms with van der Waals surface area (Å²) in [4.78, 5) is 0. The summed E-state index contributed by atoms with van der Waals surface area (Å²) in [7, 11) is 0. The Bertz CT molecular complexity index is 630. The SMILES string of the molecule is C[C@H](NC1COc2cc(O)ccc21)c1ccccc1Br. The van der Waals surface area contributed by atoms with E-state index in [1.54, 1.807) is 12.1 Å². The molecule has 3 nitrogen and oxygen atoms in total. The molecule has 2 aromatic carbocycles. The zero-order valence-corrected chi connectivity index (χ0v) is 12.7. The van der Waals surface area contributed by atoms with Crippen molar-refractivity contribution in [2.24, 2.45) is 0 Å². The summed E-state index contributed by atoms with van der Waals surface area (Å²) in [6.45, 7) is 2.73. The van der Waals surface area contributed by atoms with Crippen LogP contribution in [0.1, 0.15) is 30.1 Å². The minimum Gasteiger partial charge on any atom is -0.508 e. The van der Waals surface area contributed by atoms with Crippen LogP contribution in [0.4, 0.5) is 0 Å². The van der Waals surface area contributed by atoms with Crippen LogP contribution in [0.3, 0.4) is 0 Å². The molecule has 2 N–H and O–H groups in total. The molecule has 1 heterocycles. The number of hydrogen-bond acceptors (Lipinski definition) is 3. The largest absolute Gasteiger partial charge is 0.508 e. The van der Waals surface area contributed by atoms with Crippen LogP contribution in [0.25, 0.3) is 0 Å². The van der Waals surface area contributed by atoms with Crippen LogP contribution in [0.5, 0.6) is 11.5 Å². The standard InChI is InChI=1S/C16H16BrNO2/c1-10(12-4-2-3-5-14(12)17)18-15-9-20-16-8-11(19)6-7-13(15)16/h2-8,10,15,18-19H,9H2,1H3/t10-,15?/m0/s1. The summed E-state index contributed by atoms with van der Waals surface area (Å²) in [5, 5.41) is 13.0. The molecule has 0 bridgehead atoms. The van der Waals surface area contributed by atoms with Crippen molar-refractivity contribution in [2.45, 2.75) is 19.0 Å². The fraction of sp³-hybridized carbons (Fsp3) is 0.250. The zero-order chi connectivity index (χ0) is 14.1. The summed E-state index contributed by atoms with van der Waals surface area (Å²) < 4.78 is 6.73. The highest BCUT2D eigenvalue weighted by molar-refractivity contribution is 9.10. The smallest absolute Gasteiger partial charge is 0.127 e. The Morgan fingerprint density at radius 2 is 2.10 bits per heavy atom. The molecule has 0 spiro atoms. The first-order chi connectivity index (χ1) is 9.65. The highest BCUT2D eigenvalue weighted by Crippen LogP contribution is 2.36. The molecule has 20 heavy (non-hydrogen) atoms. The maximum absolute atomic E-state index is 9.47. The predicted octanol–water partition coefficient (Wildman–Crippen LogP) is 3.94. The Hall–Kier alpha value is -1.52. The second-order valence-electron chi connectivity index (χ2n) is 5.00. The van der Waals surface area contributed by atoms with E-state index in [9.17, 15) is 5.11 Å². The van der Waals surface area contributed by atoms with Gasteiger partial charge < -0.3 is 15.2 Å². The van der Waals surface area contributed by atoms with Gasteiger partial charge >= 0.3 is 0 Å². The lowest BCUT2D eigenvalue weighted by molar-refractivity contribution is 0.300. The maximum Gasteiger partial charge on any atom is 0.127 e. The number of ether oxygens (including phenoxy) is 1. The van der Waals surface area contributed by atoms with E-state index in [2.05, 4.69) is 34.2 Å². The molecule has 0 radical (unpaired) electrons. The molecule has 0 fully saturated rings. The van der Waals surface area contributed by atoms with Gasteiger partial charge in [-0.3, -0.25) is 0 Å². The van der Waals surface area contributed by atoms with Crippen LogP contribution < -0.4 is 10.1 Å². The fourth-order valence-corrected chi connectivity index (χ4v) is 3.18. The molecular weight excluding hydrogens is 318 g/mol. The topological polar surface area (TPSA) is 41.5 Å². The van der Waals surface area contributed by atoms with Crippen LogP contribution in [0, 0.1) is 0 Å². The molecule has 0 aromatic heterocycles. The molecule has 1 unspecified atom stereocenters. The Morgan fingerprint density at radius 3 is 2.90 bits per heavy atom. The second kappa shape index (κ2) is 5.46. The first kappa shape index (κ1) is 13.5. The minimum absolute atomic E-state index is 0.146. The van der Waals surface area contributed by atoms with Crippen LogP contribution in [0.15, 0.2) is 46.9 Å². The van der Waals surface area contributed by atoms with Gasteiger partial charge in [-0.1, -0.05) is 34.1 Å². The zero-order valence-electron chi connectivity index (χ0n) is 11.1. The Morgan fingerprint density at radius 1 is 1.30 bits per heavy atom. The Kier molecular flexibility index (Phi) is 3.68. The van der Waals surface area contributed by atoms with Crippen molar-refractivity contribution >= 4 is 15.9 Å². The highest BCUT2D eigenvalue weighted by atomic mass is 79.9. The third kappa shape index (κ3) is 2.53. The number of phenols is 1. The molecule has 0 saturated carbocycles. The number of fused-ring (bicyclic) bond motifs is 1. The number of benzene rings is 2. The Labute approximate surface area is 126 Å². The van der Waals surface area contributed by atoms with Crippen molar-refractivity contribution in [3.63, 3.8) is 0 Å². The van der Waals surface area contributed by atoms with E-state index < -0.39 is 0 Å². The summed E-state index contributed by atoms with van der Waals surface area (Å²) in [5.41, 5.74) is 2.32. The van der Waals surface area contributed by atoms with Crippen molar-refractivity contribution in [3.8, 4) is 11.5 Å². The highest BCUT2D eigenvalue weighted by Gasteiger charge is 2.26. The van der Waals surface area contributed by atoms with Crippen molar-refractivity contribution in [1.29, 1.82) is 0 Å². The first-order valence-electron chi connectivity index (χ1n) is 6.61. The number of nitrogens with one attached hydrogen (secondary N) is 1. The molecule has 2 aromatic rings. The first-order valence-corrected chi connectivity index (χ1v) is 7.40. The summed E-state index contributed by atoms with van der Waals surface area (Å²) in [5.74, 6) is 1.00. The van der Waals surface area contributed by atoms with Gasteiger partial charge in [0, 0.05) is 22.1 Å². The molecule has 4 heteroatoms. The Balaban J connectivity index is 1.79. The maximum atomic E-state index is 9.47. The quantitative estimate of drug-likeness (QED) is 0.893. The predicted molar refractivity (Wildman–Crippen MR) is 82.0 cm³/mol.